The number of aliphatic hydroxyl groups is 1. The molecule has 0 radical (unpaired) electrons. The molecule has 20 nitrogen and oxygen atoms in total. The number of nitrogen functional groups attached to an aromatic ring is 1. The lowest BCUT2D eigenvalue weighted by molar-refractivity contribution is -0.0523. The first kappa shape index (κ1) is 63.6. The van der Waals surface area contributed by atoms with E-state index in [1.807, 2.05) is 20.8 Å². The van der Waals surface area contributed by atoms with Gasteiger partial charge in [0, 0.05) is 36.6 Å². The summed E-state index contributed by atoms with van der Waals surface area (Å²) in [5, 5.41) is 11.4. The van der Waals surface area contributed by atoms with E-state index in [1.165, 1.54) is 43.4 Å². The SMILES string of the molecule is COc1cc2c(cc1OCCCCCOc1cc3c(cc1OC)C(=O)N1C=C(OS(=O)(=O)C(F)(F)F)C[C@H]1[C@H](O[Si](C)(C)C(C)(C)C)N3C(=O)OCC(Cl)(Cl)Cl)N(C(=O)OCC(Cl)(Cl)Cl)[C@@H](O)[C@@H]1CC(c3cccc(N)c3)=CN1C2=O. The summed E-state index contributed by atoms with van der Waals surface area (Å²) in [5.41, 5.74) is 1.47. The lowest BCUT2D eigenvalue weighted by atomic mass is 10.0. The second-order valence-corrected chi connectivity index (χ2v) is 31.7. The summed E-state index contributed by atoms with van der Waals surface area (Å²) in [6.07, 6.45) is -2.60. The molecule has 3 N–H and O–H groups in total. The smallest absolute Gasteiger partial charge is 0.493 e. The summed E-state index contributed by atoms with van der Waals surface area (Å²) >= 11 is 35.7. The molecule has 4 aliphatic heterocycles. The van der Waals surface area contributed by atoms with E-state index in [9.17, 15) is 45.9 Å². The maximum atomic E-state index is 14.6. The Balaban J connectivity index is 1.13. The van der Waals surface area contributed by atoms with Crippen LogP contribution in [0.2, 0.25) is 18.1 Å². The Bertz CT molecular complexity index is 3110. The van der Waals surface area contributed by atoms with E-state index in [-0.39, 0.29) is 65.1 Å². The van der Waals surface area contributed by atoms with Crippen molar-refractivity contribution >= 4 is 135 Å². The zero-order valence-electron chi connectivity index (χ0n) is 44.3. The molecule has 3 aromatic carbocycles. The molecule has 31 heteroatoms. The van der Waals surface area contributed by atoms with Crippen molar-refractivity contribution in [3.05, 3.63) is 83.4 Å². The summed E-state index contributed by atoms with van der Waals surface area (Å²) in [6.45, 7) is 7.76. The normalized spacial score (nSPS) is 19.6. The number of fused-ring (bicyclic) bond motifs is 4. The van der Waals surface area contributed by atoms with Gasteiger partial charge in [0.2, 0.25) is 7.59 Å². The molecule has 4 amide bonds. The molecule has 0 unspecified atom stereocenters. The zero-order chi connectivity index (χ0) is 59.9. The molecule has 81 heavy (non-hydrogen) atoms. The second-order valence-electron chi connectivity index (χ2n) is 20.4. The molecule has 0 aliphatic carbocycles. The number of nitrogens with zero attached hydrogens (tertiary/aromatic N) is 4. The maximum absolute atomic E-state index is 14.6. The molecule has 4 heterocycles. The molecule has 0 fully saturated rings. The standard InChI is InChI=1S/C50H56Cl6F3N5O15SSi/c1-47(2,3)81(6,7)79-44-36-18-30(78-80(70,71)50(57,58)59)24-62(36)42(66)32-20-38(73-5)40(22-34(32)64(44)46(69)77-26-49(54,55)56)75-15-10-8-9-14-74-39-21-33-31(19-37(39)72-4)41(65)61-23-28(27-12-11-13-29(60)16-27)17-35(61)43(67)63(33)45(68)76-25-48(51,52)53/h11-13,16,19-24,35-36,43-44,67H,8-10,14-15,17-18,25-26,60H2,1-7H3/t35-,36-,43-,44-/m0/s1. The van der Waals surface area contributed by atoms with Gasteiger partial charge in [0.1, 0.15) is 19.0 Å². The fraction of sp³-hybridized carbons (Fsp3) is 0.480. The number of hydrogen-bond acceptors (Lipinski definition) is 16. The Labute approximate surface area is 495 Å². The lowest BCUT2D eigenvalue weighted by Gasteiger charge is -2.44. The molecule has 0 saturated heterocycles. The van der Waals surface area contributed by atoms with E-state index in [1.54, 1.807) is 43.6 Å². The Morgan fingerprint density at radius 1 is 0.728 bits per heavy atom. The van der Waals surface area contributed by atoms with Crippen LogP contribution in [0.4, 0.5) is 39.8 Å². The van der Waals surface area contributed by atoms with Crippen LogP contribution in [0.5, 0.6) is 23.0 Å². The van der Waals surface area contributed by atoms with Gasteiger partial charge < -0.3 is 57.7 Å². The highest BCUT2D eigenvalue weighted by Crippen LogP contribution is 2.48. The third kappa shape index (κ3) is 14.3. The number of carbonyl (C=O) groups is 4. The minimum Gasteiger partial charge on any atom is -0.493 e. The van der Waals surface area contributed by atoms with Crippen molar-refractivity contribution < 1.29 is 82.9 Å². The van der Waals surface area contributed by atoms with E-state index < -0.39 is 111 Å². The molecular weight excluding hydrogens is 1240 g/mol. The van der Waals surface area contributed by atoms with Gasteiger partial charge in [-0.25, -0.2) is 19.4 Å². The third-order valence-corrected chi connectivity index (χ3v) is 19.8. The minimum atomic E-state index is -6.20. The van der Waals surface area contributed by atoms with Crippen LogP contribution in [-0.2, 0) is 28.2 Å². The van der Waals surface area contributed by atoms with Crippen molar-refractivity contribution in [2.45, 2.75) is 109 Å². The Hall–Kier alpha value is -4.96. The molecule has 0 saturated carbocycles. The van der Waals surface area contributed by atoms with E-state index in [0.29, 0.717) is 36.1 Å². The molecule has 0 bridgehead atoms. The number of nitrogens with two attached hydrogens (primary N) is 1. The average molecular weight is 1300 g/mol. The Morgan fingerprint density at radius 3 is 1.72 bits per heavy atom. The van der Waals surface area contributed by atoms with Gasteiger partial charge in [0.25, 0.3) is 11.8 Å². The number of aliphatic hydroxyl groups excluding tert-OH is 1. The van der Waals surface area contributed by atoms with Crippen molar-refractivity contribution in [2.75, 3.05) is 56.2 Å². The second kappa shape index (κ2) is 24.3. The van der Waals surface area contributed by atoms with Gasteiger partial charge in [0.05, 0.1) is 62.0 Å². The largest absolute Gasteiger partial charge is 0.534 e. The highest BCUT2D eigenvalue weighted by Gasteiger charge is 2.54. The van der Waals surface area contributed by atoms with Gasteiger partial charge in [-0.2, -0.15) is 21.6 Å². The van der Waals surface area contributed by atoms with Gasteiger partial charge in [-0.3, -0.25) is 9.59 Å². The van der Waals surface area contributed by atoms with E-state index >= 15 is 0 Å². The Kier molecular flexibility index (Phi) is 19.1. The molecule has 0 spiro atoms. The van der Waals surface area contributed by atoms with Crippen LogP contribution >= 0.6 is 69.6 Å². The van der Waals surface area contributed by atoms with E-state index in [4.69, 9.17) is 108 Å². The Morgan fingerprint density at radius 2 is 1.23 bits per heavy atom. The van der Waals surface area contributed by atoms with Crippen LogP contribution < -0.4 is 34.5 Å². The van der Waals surface area contributed by atoms with Crippen molar-refractivity contribution in [2.24, 2.45) is 0 Å². The number of carbonyl (C=O) groups excluding carboxylic acids is 4. The van der Waals surface area contributed by atoms with Gasteiger partial charge in [-0.05, 0) is 79.2 Å². The molecule has 0 aromatic heterocycles. The monoisotopic (exact) mass is 1290 g/mol. The maximum Gasteiger partial charge on any atom is 0.534 e. The first-order valence-corrected chi connectivity index (χ1v) is 31.2. The first-order valence-electron chi connectivity index (χ1n) is 24.6. The summed E-state index contributed by atoms with van der Waals surface area (Å²) < 4.78 is 107. The van der Waals surface area contributed by atoms with Crippen molar-refractivity contribution in [1.82, 2.24) is 9.80 Å². The highest BCUT2D eigenvalue weighted by atomic mass is 35.6. The van der Waals surface area contributed by atoms with Crippen LogP contribution in [0.15, 0.2) is 66.7 Å². The van der Waals surface area contributed by atoms with Crippen LogP contribution in [0.3, 0.4) is 0 Å². The number of amides is 4. The number of rotatable bonds is 17. The minimum absolute atomic E-state index is 0.00941. The molecule has 4 aliphatic rings. The van der Waals surface area contributed by atoms with E-state index in [0.717, 1.165) is 20.9 Å². The number of alkyl halides is 9. The molecule has 7 rings (SSSR count). The molecular formula is C50H56Cl6F3N5O15SSi. The van der Waals surface area contributed by atoms with Crippen LogP contribution in [0.1, 0.15) is 79.2 Å². The molecule has 3 aromatic rings. The van der Waals surface area contributed by atoms with Gasteiger partial charge >= 0.3 is 27.8 Å². The summed E-state index contributed by atoms with van der Waals surface area (Å²) in [7, 11) is -6.65. The number of unbranched alkanes of at least 4 members (excludes halogenated alkanes) is 2. The number of benzene rings is 3. The summed E-state index contributed by atoms with van der Waals surface area (Å²) in [4.78, 5) is 61.3. The van der Waals surface area contributed by atoms with Gasteiger partial charge in [-0.15, -0.1) is 0 Å². The predicted octanol–water partition coefficient (Wildman–Crippen LogP) is 11.4. The van der Waals surface area contributed by atoms with Crippen molar-refractivity contribution in [1.29, 1.82) is 0 Å². The number of anilines is 3. The number of ether oxygens (including phenoxy) is 6. The topological polar surface area (TPSA) is 235 Å². The number of methoxy groups -OCH3 is 2. The number of hydrogen-bond donors (Lipinski definition) is 2. The van der Waals surface area contributed by atoms with Crippen LogP contribution in [-0.4, -0.2) is 134 Å². The van der Waals surface area contributed by atoms with E-state index in [2.05, 4.69) is 4.18 Å². The molecule has 4 atom stereocenters. The number of halogens is 9. The fourth-order valence-electron chi connectivity index (χ4n) is 8.80. The summed E-state index contributed by atoms with van der Waals surface area (Å²) in [6, 6.07) is 9.83. The predicted molar refractivity (Wildman–Crippen MR) is 299 cm³/mol. The van der Waals surface area contributed by atoms with Crippen LogP contribution in [0.25, 0.3) is 5.57 Å². The van der Waals surface area contributed by atoms with Gasteiger partial charge in [-0.1, -0.05) is 103 Å². The van der Waals surface area contributed by atoms with Crippen LogP contribution in [0, 0.1) is 0 Å². The zero-order valence-corrected chi connectivity index (χ0v) is 50.6. The lowest BCUT2D eigenvalue weighted by Crippen LogP contribution is -2.58. The van der Waals surface area contributed by atoms with Gasteiger partial charge in [0.15, 0.2) is 43.8 Å². The third-order valence-electron chi connectivity index (χ3n) is 13.7. The van der Waals surface area contributed by atoms with Crippen molar-refractivity contribution in [3.63, 3.8) is 0 Å². The molecule has 444 valence electrons. The quantitative estimate of drug-likeness (QED) is 0.0319. The average Bonchev–Trinajstić information content (AvgIpc) is 4.11. The highest BCUT2D eigenvalue weighted by molar-refractivity contribution is 7.87. The summed E-state index contributed by atoms with van der Waals surface area (Å²) in [5.74, 6) is -2.08. The first-order chi connectivity index (χ1) is 37.6. The fourth-order valence-corrected chi connectivity index (χ4v) is 10.8. The van der Waals surface area contributed by atoms with Crippen molar-refractivity contribution in [3.8, 4) is 23.0 Å².